The molecule has 4 rings (SSSR count). The van der Waals surface area contributed by atoms with Crippen LogP contribution in [0.15, 0.2) is 31.0 Å². The maximum Gasteiger partial charge on any atom is 0.306 e. The van der Waals surface area contributed by atoms with Crippen molar-refractivity contribution in [2.75, 3.05) is 7.11 Å². The van der Waals surface area contributed by atoms with E-state index in [9.17, 15) is 14.9 Å². The van der Waals surface area contributed by atoms with Gasteiger partial charge in [-0.05, 0) is 24.8 Å². The van der Waals surface area contributed by atoms with Crippen molar-refractivity contribution >= 4 is 22.9 Å². The van der Waals surface area contributed by atoms with Gasteiger partial charge < -0.3 is 4.74 Å². The maximum absolute atomic E-state index is 12.5. The number of fused-ring (bicyclic) bond motifs is 1. The Labute approximate surface area is 179 Å². The first-order chi connectivity index (χ1) is 15.1. The highest BCUT2D eigenvalue weighted by Gasteiger charge is 2.27. The van der Waals surface area contributed by atoms with Gasteiger partial charge in [0.05, 0.1) is 44.0 Å². The van der Waals surface area contributed by atoms with E-state index in [1.54, 1.807) is 18.5 Å². The number of hydrogen-bond donors (Lipinski definition) is 0. The zero-order valence-electron chi connectivity index (χ0n) is 17.4. The van der Waals surface area contributed by atoms with Gasteiger partial charge in [-0.1, -0.05) is 12.8 Å². The van der Waals surface area contributed by atoms with Crippen molar-refractivity contribution < 1.29 is 14.3 Å². The van der Waals surface area contributed by atoms with Gasteiger partial charge in [0.1, 0.15) is 6.33 Å². The average molecular weight is 420 g/mol. The predicted octanol–water partition coefficient (Wildman–Crippen LogP) is 3.53. The lowest BCUT2D eigenvalue weighted by Gasteiger charge is -2.21. The zero-order chi connectivity index (χ0) is 21.8. The maximum atomic E-state index is 12.5. The second-order valence-electron chi connectivity index (χ2n) is 7.80. The van der Waals surface area contributed by atoms with Gasteiger partial charge in [0.25, 0.3) is 0 Å². The Morgan fingerprint density at radius 3 is 2.84 bits per heavy atom. The molecule has 0 radical (unpaired) electrons. The highest BCUT2D eigenvalue weighted by atomic mass is 16.5. The van der Waals surface area contributed by atoms with Crippen molar-refractivity contribution in [3.8, 4) is 17.3 Å². The molecule has 160 valence electrons. The summed E-state index contributed by atoms with van der Waals surface area (Å²) in [5.74, 6) is -0.205. The van der Waals surface area contributed by atoms with Gasteiger partial charge >= 0.3 is 5.97 Å². The van der Waals surface area contributed by atoms with Gasteiger partial charge in [0, 0.05) is 29.8 Å². The fraction of sp³-hybridized carbons (Fsp3) is 0.455. The minimum atomic E-state index is -0.429. The Kier molecular flexibility index (Phi) is 6.07. The SMILES string of the molecule is COC(=O)CCC(=O)n1ccc2c(-c3cnn([C@H](CC#N)C4CCCC4)c3)ncnc21. The van der Waals surface area contributed by atoms with Crippen LogP contribution in [0.2, 0.25) is 0 Å². The molecule has 3 aromatic rings. The molecule has 0 unspecified atom stereocenters. The van der Waals surface area contributed by atoms with Crippen molar-refractivity contribution in [1.29, 1.82) is 5.26 Å². The summed E-state index contributed by atoms with van der Waals surface area (Å²) in [4.78, 5) is 32.6. The number of esters is 1. The van der Waals surface area contributed by atoms with E-state index in [0.29, 0.717) is 23.7 Å². The molecule has 0 aromatic carbocycles. The monoisotopic (exact) mass is 420 g/mol. The van der Waals surface area contributed by atoms with Crippen LogP contribution >= 0.6 is 0 Å². The van der Waals surface area contributed by atoms with Crippen LogP contribution in [-0.2, 0) is 9.53 Å². The van der Waals surface area contributed by atoms with Crippen molar-refractivity contribution in [2.45, 2.75) is 51.0 Å². The lowest BCUT2D eigenvalue weighted by Crippen LogP contribution is -2.17. The molecule has 0 amide bonds. The molecule has 1 fully saturated rings. The summed E-state index contributed by atoms with van der Waals surface area (Å²) in [6.07, 6.45) is 11.9. The van der Waals surface area contributed by atoms with E-state index in [4.69, 9.17) is 0 Å². The molecule has 0 saturated heterocycles. The van der Waals surface area contributed by atoms with Crippen molar-refractivity contribution in [2.24, 2.45) is 5.92 Å². The average Bonchev–Trinajstić information content (AvgIpc) is 3.55. The number of aromatic nitrogens is 5. The summed E-state index contributed by atoms with van der Waals surface area (Å²) in [7, 11) is 1.30. The van der Waals surface area contributed by atoms with Crippen molar-refractivity contribution in [1.82, 2.24) is 24.3 Å². The van der Waals surface area contributed by atoms with Crippen LogP contribution in [0.5, 0.6) is 0 Å². The Morgan fingerprint density at radius 1 is 1.29 bits per heavy atom. The van der Waals surface area contributed by atoms with Gasteiger partial charge in [0.2, 0.25) is 5.91 Å². The van der Waals surface area contributed by atoms with Gasteiger partial charge in [0.15, 0.2) is 5.65 Å². The Balaban J connectivity index is 1.62. The van der Waals surface area contributed by atoms with Crippen LogP contribution < -0.4 is 0 Å². The molecule has 1 saturated carbocycles. The third-order valence-electron chi connectivity index (χ3n) is 5.98. The summed E-state index contributed by atoms with van der Waals surface area (Å²) in [6, 6.07) is 4.15. The first-order valence-electron chi connectivity index (χ1n) is 10.5. The Morgan fingerprint density at radius 2 is 2.10 bits per heavy atom. The summed E-state index contributed by atoms with van der Waals surface area (Å²) in [5, 5.41) is 14.6. The highest BCUT2D eigenvalue weighted by molar-refractivity contribution is 5.97. The van der Waals surface area contributed by atoms with Gasteiger partial charge in [-0.15, -0.1) is 0 Å². The smallest absolute Gasteiger partial charge is 0.306 e. The molecule has 1 aliphatic rings. The minimum Gasteiger partial charge on any atom is -0.469 e. The molecule has 9 nitrogen and oxygen atoms in total. The van der Waals surface area contributed by atoms with E-state index < -0.39 is 5.97 Å². The molecule has 0 bridgehead atoms. The fourth-order valence-electron chi connectivity index (χ4n) is 4.37. The molecule has 0 N–H and O–H groups in total. The fourth-order valence-corrected chi connectivity index (χ4v) is 4.37. The van der Waals surface area contributed by atoms with Crippen molar-refractivity contribution in [3.63, 3.8) is 0 Å². The Bertz CT molecular complexity index is 1140. The number of hydrogen-bond acceptors (Lipinski definition) is 7. The van der Waals surface area contributed by atoms with E-state index in [0.717, 1.165) is 23.8 Å². The first kappa shape index (κ1) is 20.7. The largest absolute Gasteiger partial charge is 0.469 e. The summed E-state index contributed by atoms with van der Waals surface area (Å²) >= 11 is 0. The molecule has 31 heavy (non-hydrogen) atoms. The number of carbonyl (C=O) groups excluding carboxylic acids is 2. The zero-order valence-corrected chi connectivity index (χ0v) is 17.4. The molecule has 0 spiro atoms. The first-order valence-corrected chi connectivity index (χ1v) is 10.5. The van der Waals surface area contributed by atoms with Crippen LogP contribution in [0, 0.1) is 17.2 Å². The number of rotatable bonds is 7. The number of nitrogens with zero attached hydrogens (tertiary/aromatic N) is 6. The number of ether oxygens (including phenoxy) is 1. The van der Waals surface area contributed by atoms with Crippen molar-refractivity contribution in [3.05, 3.63) is 31.0 Å². The highest BCUT2D eigenvalue weighted by Crippen LogP contribution is 2.36. The van der Waals surface area contributed by atoms with E-state index >= 15 is 0 Å². The molecular formula is C22H24N6O3. The van der Waals surface area contributed by atoms with Gasteiger partial charge in [-0.2, -0.15) is 10.4 Å². The number of methoxy groups -OCH3 is 1. The molecule has 1 atom stereocenters. The quantitative estimate of drug-likeness (QED) is 0.537. The normalized spacial score (nSPS) is 15.1. The summed E-state index contributed by atoms with van der Waals surface area (Å²) < 4.78 is 7.93. The lowest BCUT2D eigenvalue weighted by molar-refractivity contribution is -0.140. The third kappa shape index (κ3) is 4.19. The minimum absolute atomic E-state index is 0.0150. The molecule has 1 aliphatic carbocycles. The van der Waals surface area contributed by atoms with Crippen LogP contribution in [0.3, 0.4) is 0 Å². The standard InChI is InChI=1S/C22H24N6O3/c1-31-20(30)7-6-19(29)27-11-9-17-21(24-14-25-22(17)27)16-12-26-28(13-16)18(8-10-23)15-4-2-3-5-15/h9,11-15,18H,2-8H2,1H3/t18-/m1/s1. The van der Waals surface area contributed by atoms with E-state index in [1.807, 2.05) is 10.9 Å². The van der Waals surface area contributed by atoms with Gasteiger partial charge in [-0.3, -0.25) is 18.8 Å². The van der Waals surface area contributed by atoms with E-state index in [2.05, 4.69) is 25.9 Å². The second kappa shape index (κ2) is 9.08. The molecular weight excluding hydrogens is 396 g/mol. The van der Waals surface area contributed by atoms with E-state index in [1.165, 1.54) is 30.8 Å². The van der Waals surface area contributed by atoms with Crippen LogP contribution in [0.4, 0.5) is 0 Å². The van der Waals surface area contributed by atoms with Crippen LogP contribution in [-0.4, -0.2) is 43.3 Å². The topological polar surface area (TPSA) is 116 Å². The number of carbonyl (C=O) groups is 2. The second-order valence-corrected chi connectivity index (χ2v) is 7.80. The molecule has 0 aliphatic heterocycles. The van der Waals surface area contributed by atoms with Crippen LogP contribution in [0.1, 0.15) is 55.8 Å². The van der Waals surface area contributed by atoms with Crippen LogP contribution in [0.25, 0.3) is 22.3 Å². The summed E-state index contributed by atoms with van der Waals surface area (Å²) in [5.41, 5.74) is 1.97. The number of nitriles is 1. The molecule has 3 aromatic heterocycles. The lowest BCUT2D eigenvalue weighted by atomic mass is 9.96. The predicted molar refractivity (Wildman–Crippen MR) is 112 cm³/mol. The summed E-state index contributed by atoms with van der Waals surface area (Å²) in [6.45, 7) is 0. The third-order valence-corrected chi connectivity index (χ3v) is 5.98. The van der Waals surface area contributed by atoms with Gasteiger partial charge in [-0.25, -0.2) is 9.97 Å². The molecule has 3 heterocycles. The molecule has 9 heteroatoms. The van der Waals surface area contributed by atoms with E-state index in [-0.39, 0.29) is 24.8 Å². The Hall–Kier alpha value is -3.54.